The molecule has 1 fully saturated rings. The number of carbonyl (C=O) groups excluding carboxylic acids is 1. The number of ether oxygens (including phenoxy) is 1. The summed E-state index contributed by atoms with van der Waals surface area (Å²) in [5.74, 6) is 0.450. The van der Waals surface area contributed by atoms with Crippen molar-refractivity contribution in [3.63, 3.8) is 0 Å². The van der Waals surface area contributed by atoms with Crippen molar-refractivity contribution in [2.45, 2.75) is 37.3 Å². The van der Waals surface area contributed by atoms with Crippen LogP contribution in [0.15, 0.2) is 24.3 Å². The third-order valence-corrected chi connectivity index (χ3v) is 4.25. The molecule has 0 saturated heterocycles. The third kappa shape index (κ3) is 4.87. The highest BCUT2D eigenvalue weighted by molar-refractivity contribution is 6.30. The molecule has 22 heavy (non-hydrogen) atoms. The van der Waals surface area contributed by atoms with Gasteiger partial charge in [-0.05, 0) is 42.9 Å². The standard InChI is InChI=1S/C16H23ClN2O3/c1-22-6-5-14(10-20)18-16(21)19-15-8-12(9-15)11-3-2-4-13(17)7-11/h2-4,7,12,14-15,20H,5-6,8-10H2,1H3,(H2,18,19,21)/t12?,14-,15?/m1/s1. The summed E-state index contributed by atoms with van der Waals surface area (Å²) in [4.78, 5) is 11.9. The first-order valence-electron chi connectivity index (χ1n) is 7.54. The zero-order valence-corrected chi connectivity index (χ0v) is 13.5. The number of benzene rings is 1. The number of hydrogen-bond donors (Lipinski definition) is 3. The molecule has 0 radical (unpaired) electrons. The van der Waals surface area contributed by atoms with Crippen molar-refractivity contribution in [2.24, 2.45) is 0 Å². The van der Waals surface area contributed by atoms with Crippen LogP contribution in [-0.2, 0) is 4.74 Å². The monoisotopic (exact) mass is 326 g/mol. The van der Waals surface area contributed by atoms with Gasteiger partial charge in [0.25, 0.3) is 0 Å². The highest BCUT2D eigenvalue weighted by Gasteiger charge is 2.31. The number of amides is 2. The molecule has 2 amide bonds. The molecule has 1 aromatic carbocycles. The van der Waals surface area contributed by atoms with Gasteiger partial charge in [-0.15, -0.1) is 0 Å². The molecular weight excluding hydrogens is 304 g/mol. The second-order valence-corrected chi connectivity index (χ2v) is 6.14. The summed E-state index contributed by atoms with van der Waals surface area (Å²) in [6, 6.07) is 7.53. The summed E-state index contributed by atoms with van der Waals surface area (Å²) >= 11 is 5.99. The number of aliphatic hydroxyl groups is 1. The normalized spacial score (nSPS) is 21.8. The maximum atomic E-state index is 11.9. The molecule has 1 saturated carbocycles. The molecule has 0 heterocycles. The van der Waals surface area contributed by atoms with Crippen LogP contribution in [0.5, 0.6) is 0 Å². The number of rotatable bonds is 7. The van der Waals surface area contributed by atoms with Crippen molar-refractivity contribution in [1.29, 1.82) is 0 Å². The molecule has 0 aromatic heterocycles. The first-order chi connectivity index (χ1) is 10.6. The number of aliphatic hydroxyl groups excluding tert-OH is 1. The van der Waals surface area contributed by atoms with E-state index in [1.54, 1.807) is 7.11 Å². The molecule has 1 atom stereocenters. The zero-order chi connectivity index (χ0) is 15.9. The van der Waals surface area contributed by atoms with E-state index in [9.17, 15) is 9.90 Å². The van der Waals surface area contributed by atoms with E-state index in [1.165, 1.54) is 5.56 Å². The van der Waals surface area contributed by atoms with Crippen molar-refractivity contribution in [3.8, 4) is 0 Å². The van der Waals surface area contributed by atoms with Crippen LogP contribution in [0.3, 0.4) is 0 Å². The molecule has 6 heteroatoms. The first kappa shape index (κ1) is 17.1. The molecular formula is C16H23ClN2O3. The highest BCUT2D eigenvalue weighted by Crippen LogP contribution is 2.37. The van der Waals surface area contributed by atoms with E-state index in [0.29, 0.717) is 18.9 Å². The van der Waals surface area contributed by atoms with E-state index in [-0.39, 0.29) is 24.7 Å². The number of nitrogens with one attached hydrogen (secondary N) is 2. The Morgan fingerprint density at radius 2 is 2.27 bits per heavy atom. The van der Waals surface area contributed by atoms with Crippen molar-refractivity contribution < 1.29 is 14.6 Å². The summed E-state index contributed by atoms with van der Waals surface area (Å²) in [6.07, 6.45) is 2.42. The number of hydrogen-bond acceptors (Lipinski definition) is 3. The summed E-state index contributed by atoms with van der Waals surface area (Å²) in [5, 5.41) is 15.7. The summed E-state index contributed by atoms with van der Waals surface area (Å²) in [7, 11) is 1.60. The molecule has 1 aliphatic carbocycles. The van der Waals surface area contributed by atoms with Crippen LogP contribution in [0.1, 0.15) is 30.7 Å². The second kappa shape index (κ2) is 8.36. The van der Waals surface area contributed by atoms with Crippen LogP contribution in [0.4, 0.5) is 4.79 Å². The van der Waals surface area contributed by atoms with Crippen LogP contribution in [0.25, 0.3) is 0 Å². The van der Waals surface area contributed by atoms with Crippen LogP contribution < -0.4 is 10.6 Å². The lowest BCUT2D eigenvalue weighted by atomic mass is 9.76. The molecule has 0 bridgehead atoms. The van der Waals surface area contributed by atoms with Crippen molar-refractivity contribution in [3.05, 3.63) is 34.9 Å². The van der Waals surface area contributed by atoms with Gasteiger partial charge in [0.2, 0.25) is 0 Å². The lowest BCUT2D eigenvalue weighted by Gasteiger charge is -2.36. The lowest BCUT2D eigenvalue weighted by molar-refractivity contribution is 0.157. The van der Waals surface area contributed by atoms with Gasteiger partial charge in [-0.2, -0.15) is 0 Å². The Kier molecular flexibility index (Phi) is 6.49. The van der Waals surface area contributed by atoms with Gasteiger partial charge >= 0.3 is 6.03 Å². The lowest BCUT2D eigenvalue weighted by Crippen LogP contribution is -2.51. The van der Waals surface area contributed by atoms with Gasteiger partial charge in [0.15, 0.2) is 0 Å². The highest BCUT2D eigenvalue weighted by atomic mass is 35.5. The Hall–Kier alpha value is -1.30. The van der Waals surface area contributed by atoms with Crippen molar-refractivity contribution in [1.82, 2.24) is 10.6 Å². The fourth-order valence-corrected chi connectivity index (χ4v) is 2.85. The van der Waals surface area contributed by atoms with Crippen molar-refractivity contribution >= 4 is 17.6 Å². The quantitative estimate of drug-likeness (QED) is 0.720. The number of carbonyl (C=O) groups is 1. The van der Waals surface area contributed by atoms with Gasteiger partial charge in [-0.25, -0.2) is 4.79 Å². The van der Waals surface area contributed by atoms with Gasteiger partial charge in [0, 0.05) is 24.8 Å². The van der Waals surface area contributed by atoms with Gasteiger partial charge in [-0.1, -0.05) is 23.7 Å². The Labute approximate surface area is 136 Å². The molecule has 1 aliphatic rings. The van der Waals surface area contributed by atoms with Crippen LogP contribution in [0.2, 0.25) is 5.02 Å². The van der Waals surface area contributed by atoms with Gasteiger partial charge in [0.1, 0.15) is 0 Å². The van der Waals surface area contributed by atoms with Crippen molar-refractivity contribution in [2.75, 3.05) is 20.3 Å². The van der Waals surface area contributed by atoms with Gasteiger partial charge < -0.3 is 20.5 Å². The number of methoxy groups -OCH3 is 1. The molecule has 5 nitrogen and oxygen atoms in total. The SMILES string of the molecule is COCC[C@H](CO)NC(=O)NC1CC(c2cccc(Cl)c2)C1. The van der Waals surface area contributed by atoms with E-state index in [4.69, 9.17) is 16.3 Å². The van der Waals surface area contributed by atoms with E-state index >= 15 is 0 Å². The molecule has 3 N–H and O–H groups in total. The Bertz CT molecular complexity index is 492. The zero-order valence-electron chi connectivity index (χ0n) is 12.7. The molecule has 122 valence electrons. The minimum atomic E-state index is -0.274. The van der Waals surface area contributed by atoms with Crippen LogP contribution in [-0.4, -0.2) is 43.5 Å². The summed E-state index contributed by atoms with van der Waals surface area (Å²) in [5.41, 5.74) is 1.22. The van der Waals surface area contributed by atoms with E-state index in [0.717, 1.165) is 17.9 Å². The summed E-state index contributed by atoms with van der Waals surface area (Å²) < 4.78 is 4.95. The minimum Gasteiger partial charge on any atom is -0.394 e. The maximum absolute atomic E-state index is 11.9. The first-order valence-corrected chi connectivity index (χ1v) is 7.92. The van der Waals surface area contributed by atoms with Crippen LogP contribution >= 0.6 is 11.6 Å². The van der Waals surface area contributed by atoms with E-state index in [1.807, 2.05) is 18.2 Å². The van der Waals surface area contributed by atoms with Crippen LogP contribution in [0, 0.1) is 0 Å². The number of halogens is 1. The van der Waals surface area contributed by atoms with Gasteiger partial charge in [-0.3, -0.25) is 0 Å². The largest absolute Gasteiger partial charge is 0.394 e. The predicted molar refractivity (Wildman–Crippen MR) is 86.2 cm³/mol. The Morgan fingerprint density at radius 1 is 1.50 bits per heavy atom. The molecule has 2 rings (SSSR count). The van der Waals surface area contributed by atoms with Gasteiger partial charge in [0.05, 0.1) is 12.6 Å². The summed E-state index contributed by atoms with van der Waals surface area (Å²) in [6.45, 7) is 0.415. The fourth-order valence-electron chi connectivity index (χ4n) is 2.65. The van der Waals surface area contributed by atoms with E-state index < -0.39 is 0 Å². The smallest absolute Gasteiger partial charge is 0.315 e. The Morgan fingerprint density at radius 3 is 2.91 bits per heavy atom. The Balaban J connectivity index is 1.71. The average Bonchev–Trinajstić information content (AvgIpc) is 2.46. The minimum absolute atomic E-state index is 0.0907. The molecule has 0 unspecified atom stereocenters. The molecule has 0 aliphatic heterocycles. The van der Waals surface area contributed by atoms with E-state index in [2.05, 4.69) is 16.7 Å². The second-order valence-electron chi connectivity index (χ2n) is 5.70. The third-order valence-electron chi connectivity index (χ3n) is 4.02. The fraction of sp³-hybridized carbons (Fsp3) is 0.562. The maximum Gasteiger partial charge on any atom is 0.315 e. The molecule has 0 spiro atoms. The average molecular weight is 327 g/mol. The topological polar surface area (TPSA) is 70.6 Å². The predicted octanol–water partition coefficient (Wildman–Crippen LogP) is 2.28. The molecule has 1 aromatic rings. The number of urea groups is 1.